The van der Waals surface area contributed by atoms with Gasteiger partial charge in [0.1, 0.15) is 17.9 Å². The second-order valence-electron chi connectivity index (χ2n) is 8.17. The topological polar surface area (TPSA) is 123 Å². The molecule has 1 aliphatic heterocycles. The highest BCUT2D eigenvalue weighted by Crippen LogP contribution is 2.36. The number of ether oxygens (including phenoxy) is 1. The first-order valence-electron chi connectivity index (χ1n) is 11.1. The number of nitrogens with one attached hydrogen (secondary N) is 3. The largest absolute Gasteiger partial charge is 0.479 e. The Morgan fingerprint density at radius 1 is 1.34 bits per heavy atom. The molecule has 1 aromatic carbocycles. The number of hydrogen-bond acceptors (Lipinski definition) is 9. The summed E-state index contributed by atoms with van der Waals surface area (Å²) in [5.74, 6) is -2.84. The van der Waals surface area contributed by atoms with Crippen LogP contribution >= 0.6 is 0 Å². The van der Waals surface area contributed by atoms with Gasteiger partial charge in [0, 0.05) is 31.4 Å². The zero-order valence-corrected chi connectivity index (χ0v) is 19.1. The molecule has 188 valence electrons. The number of β-amino-alcohol motifs (C(OH)–C–C–N with tert-alkyl or cyclic N) is 1. The molecule has 13 heteroatoms. The SMILES string of the molecule is COc1nc(N[C@@H]2CCN(CCO)CC2(F)F)nn2ccc(-c3ccc(N=N)c(NCCF)c3)c12. The third-order valence-electron chi connectivity index (χ3n) is 5.91. The predicted molar refractivity (Wildman–Crippen MR) is 125 cm³/mol. The fourth-order valence-electron chi connectivity index (χ4n) is 4.23. The fourth-order valence-corrected chi connectivity index (χ4v) is 4.23. The van der Waals surface area contributed by atoms with Crippen LogP contribution in [0.5, 0.6) is 5.88 Å². The van der Waals surface area contributed by atoms with Crippen LogP contribution in [0.1, 0.15) is 6.42 Å². The average Bonchev–Trinajstić information content (AvgIpc) is 3.27. The number of fused-ring (bicyclic) bond motifs is 1. The number of anilines is 2. The van der Waals surface area contributed by atoms with Crippen molar-refractivity contribution in [2.24, 2.45) is 5.11 Å². The van der Waals surface area contributed by atoms with Crippen LogP contribution < -0.4 is 15.4 Å². The summed E-state index contributed by atoms with van der Waals surface area (Å²) in [5.41, 5.74) is 10.1. The third-order valence-corrected chi connectivity index (χ3v) is 5.91. The lowest BCUT2D eigenvalue weighted by molar-refractivity contribution is -0.0760. The Morgan fingerprint density at radius 2 is 2.17 bits per heavy atom. The molecule has 1 aliphatic rings. The number of halogens is 3. The number of aliphatic hydroxyl groups is 1. The minimum atomic E-state index is -3.03. The molecular formula is C22H27F3N8O2. The molecule has 0 unspecified atom stereocenters. The Morgan fingerprint density at radius 3 is 2.86 bits per heavy atom. The van der Waals surface area contributed by atoms with Crippen LogP contribution in [0.25, 0.3) is 16.6 Å². The fraction of sp³-hybridized carbons (Fsp3) is 0.455. The van der Waals surface area contributed by atoms with Crippen LogP contribution in [0.4, 0.5) is 30.5 Å². The van der Waals surface area contributed by atoms with Gasteiger partial charge in [-0.1, -0.05) is 6.07 Å². The second kappa shape index (κ2) is 10.4. The normalized spacial score (nSPS) is 17.9. The van der Waals surface area contributed by atoms with Gasteiger partial charge in [-0.15, -0.1) is 5.10 Å². The predicted octanol–water partition coefficient (Wildman–Crippen LogP) is 3.56. The lowest BCUT2D eigenvalue weighted by Crippen LogP contribution is -2.55. The standard InChI is InChI=1S/C22H27F3N8O2/c1-35-20-19-15(14-2-3-16(30-26)17(12-14)27-7-6-23)4-9-33(19)31-21(29-20)28-18-5-8-32(10-11-34)13-22(18,24)25/h2-4,9,12,18,26-27,34H,5-8,10-11,13H2,1H3,(H,28,31)/t18-/m1/s1. The summed E-state index contributed by atoms with van der Waals surface area (Å²) in [6.45, 7) is -0.513. The average molecular weight is 493 g/mol. The monoisotopic (exact) mass is 492 g/mol. The van der Waals surface area contributed by atoms with Gasteiger partial charge in [0.2, 0.25) is 11.8 Å². The summed E-state index contributed by atoms with van der Waals surface area (Å²) in [7, 11) is 1.43. The molecular weight excluding hydrogens is 465 g/mol. The van der Waals surface area contributed by atoms with Crippen LogP contribution in [0.3, 0.4) is 0 Å². The van der Waals surface area contributed by atoms with E-state index in [1.54, 1.807) is 30.5 Å². The van der Waals surface area contributed by atoms with Crippen LogP contribution in [-0.2, 0) is 0 Å². The molecule has 35 heavy (non-hydrogen) atoms. The van der Waals surface area contributed by atoms with E-state index in [9.17, 15) is 13.2 Å². The highest BCUT2D eigenvalue weighted by atomic mass is 19.3. The summed E-state index contributed by atoms with van der Waals surface area (Å²) in [6.07, 6.45) is 1.83. The number of aromatic nitrogens is 3. The van der Waals surface area contributed by atoms with Crippen molar-refractivity contribution in [3.63, 3.8) is 0 Å². The van der Waals surface area contributed by atoms with Crippen molar-refractivity contribution >= 4 is 22.8 Å². The Bertz CT molecular complexity index is 1190. The maximum absolute atomic E-state index is 14.7. The third kappa shape index (κ3) is 5.15. The van der Waals surface area contributed by atoms with Crippen LogP contribution in [0.15, 0.2) is 35.6 Å². The maximum Gasteiger partial charge on any atom is 0.280 e. The Kier molecular flexibility index (Phi) is 7.36. The summed E-state index contributed by atoms with van der Waals surface area (Å²) in [6, 6.07) is 5.76. The van der Waals surface area contributed by atoms with E-state index >= 15 is 0 Å². The summed E-state index contributed by atoms with van der Waals surface area (Å²) in [5, 5.41) is 22.5. The first-order chi connectivity index (χ1) is 16.9. The van der Waals surface area contributed by atoms with Crippen molar-refractivity contribution in [3.05, 3.63) is 30.5 Å². The van der Waals surface area contributed by atoms with Crippen molar-refractivity contribution < 1.29 is 23.0 Å². The van der Waals surface area contributed by atoms with Gasteiger partial charge in [-0.2, -0.15) is 10.1 Å². The van der Waals surface area contributed by atoms with Crippen molar-refractivity contribution in [1.29, 1.82) is 5.53 Å². The van der Waals surface area contributed by atoms with Crippen LogP contribution in [0.2, 0.25) is 0 Å². The lowest BCUT2D eigenvalue weighted by Gasteiger charge is -2.38. The van der Waals surface area contributed by atoms with E-state index in [-0.39, 0.29) is 37.9 Å². The molecule has 1 fully saturated rings. The highest BCUT2D eigenvalue weighted by molar-refractivity contribution is 5.87. The molecule has 0 bridgehead atoms. The van der Waals surface area contributed by atoms with Gasteiger partial charge in [-0.25, -0.2) is 23.2 Å². The molecule has 0 spiro atoms. The van der Waals surface area contributed by atoms with E-state index in [0.29, 0.717) is 29.0 Å². The number of benzene rings is 1. The summed E-state index contributed by atoms with van der Waals surface area (Å²) < 4.78 is 49.0. The van der Waals surface area contributed by atoms with Gasteiger partial charge in [-0.05, 0) is 30.2 Å². The molecule has 1 atom stereocenters. The van der Waals surface area contributed by atoms with Crippen molar-refractivity contribution in [2.75, 3.05) is 57.2 Å². The van der Waals surface area contributed by atoms with Gasteiger partial charge < -0.3 is 20.5 Å². The van der Waals surface area contributed by atoms with Crippen molar-refractivity contribution in [1.82, 2.24) is 19.5 Å². The molecule has 3 heterocycles. The molecule has 0 aliphatic carbocycles. The molecule has 10 nitrogen and oxygen atoms in total. The molecule has 0 radical (unpaired) electrons. The van der Waals surface area contributed by atoms with E-state index < -0.39 is 25.2 Å². The van der Waals surface area contributed by atoms with E-state index in [4.69, 9.17) is 15.4 Å². The molecule has 1 saturated heterocycles. The number of aliphatic hydroxyl groups excluding tert-OH is 1. The minimum Gasteiger partial charge on any atom is -0.479 e. The quantitative estimate of drug-likeness (QED) is 0.319. The number of rotatable bonds is 10. The molecule has 4 N–H and O–H groups in total. The number of hydrogen-bond donors (Lipinski definition) is 4. The summed E-state index contributed by atoms with van der Waals surface area (Å²) in [4.78, 5) is 5.86. The smallest absolute Gasteiger partial charge is 0.280 e. The second-order valence-corrected chi connectivity index (χ2v) is 8.17. The number of methoxy groups -OCH3 is 1. The maximum atomic E-state index is 14.7. The number of piperidine rings is 1. The number of nitrogens with zero attached hydrogens (tertiary/aromatic N) is 5. The molecule has 4 rings (SSSR count). The van der Waals surface area contributed by atoms with Crippen molar-refractivity contribution in [3.8, 4) is 17.0 Å². The Balaban J connectivity index is 1.64. The zero-order valence-electron chi connectivity index (χ0n) is 19.1. The van der Waals surface area contributed by atoms with Crippen LogP contribution in [-0.4, -0.2) is 83.1 Å². The molecule has 3 aromatic rings. The van der Waals surface area contributed by atoms with E-state index in [1.165, 1.54) is 16.5 Å². The Labute approximate surface area is 199 Å². The van der Waals surface area contributed by atoms with Gasteiger partial charge >= 0.3 is 0 Å². The van der Waals surface area contributed by atoms with Crippen LogP contribution in [0, 0.1) is 5.53 Å². The zero-order chi connectivity index (χ0) is 25.0. The first kappa shape index (κ1) is 24.7. The lowest BCUT2D eigenvalue weighted by atomic mass is 10.0. The molecule has 0 saturated carbocycles. The highest BCUT2D eigenvalue weighted by Gasteiger charge is 2.45. The van der Waals surface area contributed by atoms with Crippen molar-refractivity contribution in [2.45, 2.75) is 18.4 Å². The minimum absolute atomic E-state index is 0.00504. The first-order valence-corrected chi connectivity index (χ1v) is 11.1. The Hall–Kier alpha value is -3.45. The summed E-state index contributed by atoms with van der Waals surface area (Å²) >= 11 is 0. The van der Waals surface area contributed by atoms with Gasteiger partial charge in [0.25, 0.3) is 5.92 Å². The molecule has 0 amide bonds. The van der Waals surface area contributed by atoms with Gasteiger partial charge in [0.05, 0.1) is 32.0 Å². The van der Waals surface area contributed by atoms with Gasteiger partial charge in [0.15, 0.2) is 0 Å². The molecule has 2 aromatic heterocycles. The van der Waals surface area contributed by atoms with E-state index in [2.05, 4.69) is 25.8 Å². The number of alkyl halides is 3. The van der Waals surface area contributed by atoms with E-state index in [1.807, 2.05) is 0 Å². The van der Waals surface area contributed by atoms with Gasteiger partial charge in [-0.3, -0.25) is 4.90 Å². The van der Waals surface area contributed by atoms with E-state index in [0.717, 1.165) is 5.56 Å². The number of likely N-dealkylation sites (tertiary alicyclic amines) is 1.